The van der Waals surface area contributed by atoms with Gasteiger partial charge >= 0.3 is 12.1 Å². The Kier molecular flexibility index (Phi) is 5.64. The molecular weight excluding hydrogens is 383 g/mol. The van der Waals surface area contributed by atoms with Crippen LogP contribution in [0.3, 0.4) is 0 Å². The molecule has 9 heteroatoms. The van der Waals surface area contributed by atoms with Crippen molar-refractivity contribution < 1.29 is 31.6 Å². The summed E-state index contributed by atoms with van der Waals surface area (Å²) in [6.45, 7) is -0.510. The molecule has 3 rings (SSSR count). The lowest BCUT2D eigenvalue weighted by Crippen LogP contribution is -2.46. The van der Waals surface area contributed by atoms with Gasteiger partial charge in [-0.15, -0.1) is 5.06 Å². The first-order valence-electron chi connectivity index (χ1n) is 8.56. The van der Waals surface area contributed by atoms with Crippen molar-refractivity contribution in [2.75, 3.05) is 13.1 Å². The standard InChI is InChI=1S/C19H17F5N2O2/c20-18(21)7-9-26(28-17(27)13-4-2-1-3-5-13)12-16(18)14-6-8-25-15(10-14)11-19(22,23)24/h1-6,8,10,16H,7,9,11-12H2. The normalized spacial score (nSPS) is 20.0. The number of rotatable bonds is 4. The minimum Gasteiger partial charge on any atom is -0.364 e. The van der Waals surface area contributed by atoms with Crippen molar-refractivity contribution in [3.05, 3.63) is 65.5 Å². The molecule has 0 amide bonds. The number of benzene rings is 1. The lowest BCUT2D eigenvalue weighted by atomic mass is 9.88. The second-order valence-electron chi connectivity index (χ2n) is 6.57. The number of carbonyl (C=O) groups excluding carboxylic acids is 1. The number of nitrogens with zero attached hydrogens (tertiary/aromatic N) is 2. The Labute approximate surface area is 157 Å². The number of pyridine rings is 1. The van der Waals surface area contributed by atoms with Crippen LogP contribution in [0.4, 0.5) is 22.0 Å². The molecule has 1 aliphatic rings. The number of aromatic nitrogens is 1. The summed E-state index contributed by atoms with van der Waals surface area (Å²) < 4.78 is 66.6. The summed E-state index contributed by atoms with van der Waals surface area (Å²) in [7, 11) is 0. The first-order chi connectivity index (χ1) is 13.1. The zero-order valence-corrected chi connectivity index (χ0v) is 14.6. The Morgan fingerprint density at radius 1 is 1.21 bits per heavy atom. The molecule has 1 saturated heterocycles. The maximum Gasteiger partial charge on any atom is 0.394 e. The van der Waals surface area contributed by atoms with Gasteiger partial charge in [0.25, 0.3) is 5.92 Å². The Balaban J connectivity index is 1.76. The number of hydrogen-bond acceptors (Lipinski definition) is 4. The molecule has 1 fully saturated rings. The average Bonchev–Trinajstić information content (AvgIpc) is 2.62. The summed E-state index contributed by atoms with van der Waals surface area (Å²) in [5, 5.41) is 1.13. The van der Waals surface area contributed by atoms with Gasteiger partial charge in [-0.2, -0.15) is 13.2 Å². The monoisotopic (exact) mass is 400 g/mol. The van der Waals surface area contributed by atoms with E-state index in [1.54, 1.807) is 18.2 Å². The highest BCUT2D eigenvalue weighted by atomic mass is 19.4. The van der Waals surface area contributed by atoms with Crippen LogP contribution in [0.15, 0.2) is 48.7 Å². The molecule has 0 bridgehead atoms. The van der Waals surface area contributed by atoms with Gasteiger partial charge in [0.2, 0.25) is 0 Å². The topological polar surface area (TPSA) is 42.4 Å². The second kappa shape index (κ2) is 7.83. The molecule has 1 aromatic heterocycles. The molecule has 28 heavy (non-hydrogen) atoms. The van der Waals surface area contributed by atoms with Crippen LogP contribution in [-0.2, 0) is 11.3 Å². The molecule has 0 N–H and O–H groups in total. The number of hydroxylamine groups is 2. The fourth-order valence-corrected chi connectivity index (χ4v) is 3.07. The fourth-order valence-electron chi connectivity index (χ4n) is 3.07. The third-order valence-corrected chi connectivity index (χ3v) is 4.44. The molecular formula is C19H17F5N2O2. The number of halogens is 5. The average molecular weight is 400 g/mol. The van der Waals surface area contributed by atoms with Crippen LogP contribution >= 0.6 is 0 Å². The van der Waals surface area contributed by atoms with E-state index in [9.17, 15) is 26.7 Å². The van der Waals surface area contributed by atoms with Gasteiger partial charge in [-0.25, -0.2) is 13.6 Å². The Morgan fingerprint density at radius 3 is 2.61 bits per heavy atom. The van der Waals surface area contributed by atoms with E-state index < -0.39 is 36.8 Å². The second-order valence-corrected chi connectivity index (χ2v) is 6.57. The van der Waals surface area contributed by atoms with Crippen molar-refractivity contribution >= 4 is 5.97 Å². The van der Waals surface area contributed by atoms with Crippen LogP contribution in [0.25, 0.3) is 0 Å². The van der Waals surface area contributed by atoms with Crippen LogP contribution in [0.5, 0.6) is 0 Å². The van der Waals surface area contributed by atoms with Gasteiger partial charge in [0, 0.05) is 31.4 Å². The van der Waals surface area contributed by atoms with Gasteiger partial charge in [-0.1, -0.05) is 18.2 Å². The maximum absolute atomic E-state index is 14.4. The quantitative estimate of drug-likeness (QED) is 0.715. The molecule has 150 valence electrons. The number of carbonyl (C=O) groups is 1. The predicted molar refractivity (Wildman–Crippen MR) is 89.7 cm³/mol. The molecule has 1 aliphatic heterocycles. The van der Waals surface area contributed by atoms with Crippen LogP contribution in [0.2, 0.25) is 0 Å². The van der Waals surface area contributed by atoms with Crippen LogP contribution < -0.4 is 0 Å². The van der Waals surface area contributed by atoms with Crippen molar-refractivity contribution in [2.45, 2.75) is 30.9 Å². The van der Waals surface area contributed by atoms with Crippen molar-refractivity contribution in [1.82, 2.24) is 10.0 Å². The van der Waals surface area contributed by atoms with E-state index in [1.165, 1.54) is 18.2 Å². The number of alkyl halides is 5. The summed E-state index contributed by atoms with van der Waals surface area (Å²) in [5.41, 5.74) is -0.0355. The molecule has 0 radical (unpaired) electrons. The van der Waals surface area contributed by atoms with Crippen molar-refractivity contribution in [2.24, 2.45) is 0 Å². The third kappa shape index (κ3) is 5.03. The van der Waals surface area contributed by atoms with Crippen molar-refractivity contribution in [3.63, 3.8) is 0 Å². The van der Waals surface area contributed by atoms with Gasteiger partial charge in [-0.3, -0.25) is 4.98 Å². The van der Waals surface area contributed by atoms with Crippen LogP contribution in [0, 0.1) is 0 Å². The summed E-state index contributed by atoms with van der Waals surface area (Å²) >= 11 is 0. The summed E-state index contributed by atoms with van der Waals surface area (Å²) in [5.74, 6) is -5.25. The minimum absolute atomic E-state index is 0.0275. The highest BCUT2D eigenvalue weighted by Crippen LogP contribution is 2.40. The molecule has 0 aliphatic carbocycles. The van der Waals surface area contributed by atoms with Gasteiger partial charge in [-0.05, 0) is 29.8 Å². The van der Waals surface area contributed by atoms with E-state index in [1.807, 2.05) is 0 Å². The Bertz CT molecular complexity index is 827. The van der Waals surface area contributed by atoms with Gasteiger partial charge in [0.1, 0.15) is 0 Å². The minimum atomic E-state index is -4.49. The van der Waals surface area contributed by atoms with Gasteiger partial charge < -0.3 is 4.84 Å². The highest BCUT2D eigenvalue weighted by Gasteiger charge is 2.46. The molecule has 0 spiro atoms. The lowest BCUT2D eigenvalue weighted by molar-refractivity contribution is -0.175. The van der Waals surface area contributed by atoms with Crippen molar-refractivity contribution in [1.29, 1.82) is 0 Å². The first kappa shape index (κ1) is 20.2. The molecule has 0 saturated carbocycles. The van der Waals surface area contributed by atoms with E-state index in [0.717, 1.165) is 17.3 Å². The van der Waals surface area contributed by atoms with Crippen LogP contribution in [-0.4, -0.2) is 41.2 Å². The largest absolute Gasteiger partial charge is 0.394 e. The van der Waals surface area contributed by atoms with E-state index in [2.05, 4.69) is 4.98 Å². The zero-order chi connectivity index (χ0) is 20.4. The van der Waals surface area contributed by atoms with E-state index in [0.29, 0.717) is 0 Å². The third-order valence-electron chi connectivity index (χ3n) is 4.44. The predicted octanol–water partition coefficient (Wildman–Crippen LogP) is 4.38. The van der Waals surface area contributed by atoms with E-state index in [-0.39, 0.29) is 29.9 Å². The van der Waals surface area contributed by atoms with Gasteiger partial charge in [0.05, 0.1) is 17.9 Å². The van der Waals surface area contributed by atoms with E-state index in [4.69, 9.17) is 4.84 Å². The summed E-state index contributed by atoms with van der Waals surface area (Å²) in [6.07, 6.45) is -5.29. The first-order valence-corrected chi connectivity index (χ1v) is 8.56. The number of piperidine rings is 1. The summed E-state index contributed by atoms with van der Waals surface area (Å²) in [4.78, 5) is 21.0. The molecule has 2 aromatic rings. The zero-order valence-electron chi connectivity index (χ0n) is 14.6. The molecule has 1 atom stereocenters. The van der Waals surface area contributed by atoms with Crippen LogP contribution in [0.1, 0.15) is 34.0 Å². The van der Waals surface area contributed by atoms with Crippen molar-refractivity contribution in [3.8, 4) is 0 Å². The van der Waals surface area contributed by atoms with E-state index >= 15 is 0 Å². The maximum atomic E-state index is 14.4. The highest BCUT2D eigenvalue weighted by molar-refractivity contribution is 5.89. The fraction of sp³-hybridized carbons (Fsp3) is 0.368. The van der Waals surface area contributed by atoms with Gasteiger partial charge in [0.15, 0.2) is 0 Å². The SMILES string of the molecule is O=C(ON1CCC(F)(F)C(c2ccnc(CC(F)(F)F)c2)C1)c1ccccc1. The molecule has 1 unspecified atom stereocenters. The Morgan fingerprint density at radius 2 is 1.93 bits per heavy atom. The molecule has 4 nitrogen and oxygen atoms in total. The molecule has 2 heterocycles. The summed E-state index contributed by atoms with van der Waals surface area (Å²) in [6, 6.07) is 10.4. The smallest absolute Gasteiger partial charge is 0.364 e. The Hall–Kier alpha value is -2.55. The lowest BCUT2D eigenvalue weighted by Gasteiger charge is -2.37. The number of hydrogen-bond donors (Lipinski definition) is 0. The molecule has 1 aromatic carbocycles.